The van der Waals surface area contributed by atoms with Crippen molar-refractivity contribution >= 4 is 11.8 Å². The van der Waals surface area contributed by atoms with E-state index in [1.54, 1.807) is 23.4 Å². The fourth-order valence-electron chi connectivity index (χ4n) is 3.34. The van der Waals surface area contributed by atoms with E-state index in [0.717, 1.165) is 18.5 Å². The first-order chi connectivity index (χ1) is 12.2. The molecule has 25 heavy (non-hydrogen) atoms. The fraction of sp³-hybridized carbons (Fsp3) is 0.500. The summed E-state index contributed by atoms with van der Waals surface area (Å²) < 4.78 is 1.85. The van der Waals surface area contributed by atoms with Gasteiger partial charge in [0.1, 0.15) is 5.69 Å². The zero-order chi connectivity index (χ0) is 17.2. The number of nitrogens with zero attached hydrogens (tertiary/aromatic N) is 5. The van der Waals surface area contributed by atoms with E-state index < -0.39 is 0 Å². The molecular formula is C16H20N6O3. The van der Waals surface area contributed by atoms with E-state index in [1.165, 1.54) is 5.06 Å². The van der Waals surface area contributed by atoms with E-state index in [0.29, 0.717) is 31.9 Å². The maximum absolute atomic E-state index is 12.6. The van der Waals surface area contributed by atoms with Crippen LogP contribution in [-0.2, 0) is 16.2 Å². The Balaban J connectivity index is 1.50. The lowest BCUT2D eigenvalue weighted by molar-refractivity contribution is -0.198. The Hall–Kier alpha value is -2.68. The SMILES string of the molecule is O=C(c1ccn[nH]1)N1Cc2ccnn2[C@@H](CC(=O)N2CCCCO2)C1. The van der Waals surface area contributed by atoms with Gasteiger partial charge in [-0.3, -0.25) is 24.2 Å². The number of H-pyrrole nitrogens is 1. The van der Waals surface area contributed by atoms with Crippen molar-refractivity contribution in [3.63, 3.8) is 0 Å². The quantitative estimate of drug-likeness (QED) is 0.886. The number of hydrogen-bond acceptors (Lipinski definition) is 5. The third-order valence-corrected chi connectivity index (χ3v) is 4.59. The number of fused-ring (bicyclic) bond motifs is 1. The molecule has 2 amide bonds. The van der Waals surface area contributed by atoms with Crippen LogP contribution in [0.15, 0.2) is 24.5 Å². The summed E-state index contributed by atoms with van der Waals surface area (Å²) in [6, 6.07) is 3.32. The van der Waals surface area contributed by atoms with Crippen LogP contribution in [-0.4, -0.2) is 61.5 Å². The van der Waals surface area contributed by atoms with E-state index in [4.69, 9.17) is 4.84 Å². The molecule has 4 rings (SSSR count). The molecule has 1 saturated heterocycles. The number of nitrogens with one attached hydrogen (secondary N) is 1. The van der Waals surface area contributed by atoms with Crippen molar-refractivity contribution in [3.05, 3.63) is 35.9 Å². The van der Waals surface area contributed by atoms with E-state index >= 15 is 0 Å². The highest BCUT2D eigenvalue weighted by Gasteiger charge is 2.32. The maximum Gasteiger partial charge on any atom is 0.272 e. The van der Waals surface area contributed by atoms with Gasteiger partial charge < -0.3 is 4.90 Å². The Kier molecular flexibility index (Phi) is 4.22. The van der Waals surface area contributed by atoms with Crippen LogP contribution in [0.25, 0.3) is 0 Å². The summed E-state index contributed by atoms with van der Waals surface area (Å²) in [5, 5.41) is 12.3. The van der Waals surface area contributed by atoms with Gasteiger partial charge in [0.25, 0.3) is 5.91 Å². The predicted octanol–water partition coefficient (Wildman–Crippen LogP) is 0.747. The Morgan fingerprint density at radius 1 is 1.28 bits per heavy atom. The molecule has 4 heterocycles. The van der Waals surface area contributed by atoms with Crippen molar-refractivity contribution in [2.75, 3.05) is 19.7 Å². The molecule has 9 heteroatoms. The van der Waals surface area contributed by atoms with Gasteiger partial charge in [-0.05, 0) is 25.0 Å². The average Bonchev–Trinajstić information content (AvgIpc) is 3.33. The summed E-state index contributed by atoms with van der Waals surface area (Å²) in [5.74, 6) is -0.196. The molecule has 0 bridgehead atoms. The lowest BCUT2D eigenvalue weighted by Crippen LogP contribution is -2.44. The van der Waals surface area contributed by atoms with Gasteiger partial charge >= 0.3 is 0 Å². The predicted molar refractivity (Wildman–Crippen MR) is 86.1 cm³/mol. The summed E-state index contributed by atoms with van der Waals surface area (Å²) in [5.41, 5.74) is 1.36. The van der Waals surface area contributed by atoms with Crippen LogP contribution >= 0.6 is 0 Å². The normalized spacial score (nSPS) is 20.4. The summed E-state index contributed by atoms with van der Waals surface area (Å²) >= 11 is 0. The molecule has 132 valence electrons. The number of aromatic nitrogens is 4. The first kappa shape index (κ1) is 15.8. The standard InChI is InChI=1S/C16H20N6O3/c23-15(21-7-1-2-8-25-21)9-13-11-20(10-12-3-6-18-22(12)13)16(24)14-4-5-17-19-14/h3-6,13H,1-2,7-11H2,(H,17,19)/t13-/m0/s1. The van der Waals surface area contributed by atoms with Crippen molar-refractivity contribution < 1.29 is 14.4 Å². The van der Waals surface area contributed by atoms with Crippen molar-refractivity contribution in [1.82, 2.24) is 29.9 Å². The molecule has 0 saturated carbocycles. The van der Waals surface area contributed by atoms with Crippen LogP contribution in [0.2, 0.25) is 0 Å². The van der Waals surface area contributed by atoms with Crippen molar-refractivity contribution in [2.45, 2.75) is 31.8 Å². The van der Waals surface area contributed by atoms with Crippen LogP contribution in [0.5, 0.6) is 0 Å². The molecule has 0 aliphatic carbocycles. The van der Waals surface area contributed by atoms with Crippen molar-refractivity contribution in [3.8, 4) is 0 Å². The average molecular weight is 344 g/mol. The zero-order valence-electron chi connectivity index (χ0n) is 13.8. The number of amides is 2. The van der Waals surface area contributed by atoms with Crippen LogP contribution in [0.3, 0.4) is 0 Å². The Bertz CT molecular complexity index is 750. The van der Waals surface area contributed by atoms with Gasteiger partial charge in [0.2, 0.25) is 5.91 Å². The molecule has 0 spiro atoms. The fourth-order valence-corrected chi connectivity index (χ4v) is 3.34. The van der Waals surface area contributed by atoms with Crippen LogP contribution < -0.4 is 0 Å². The number of hydrogen-bond donors (Lipinski definition) is 1. The monoisotopic (exact) mass is 344 g/mol. The van der Waals surface area contributed by atoms with Gasteiger partial charge in [-0.15, -0.1) is 0 Å². The number of hydroxylamine groups is 2. The molecule has 2 aromatic rings. The third-order valence-electron chi connectivity index (χ3n) is 4.59. The second-order valence-electron chi connectivity index (χ2n) is 6.32. The van der Waals surface area contributed by atoms with Gasteiger partial charge in [-0.1, -0.05) is 0 Å². The summed E-state index contributed by atoms with van der Waals surface area (Å²) in [4.78, 5) is 32.3. The first-order valence-corrected chi connectivity index (χ1v) is 8.46. The van der Waals surface area contributed by atoms with Crippen molar-refractivity contribution in [1.29, 1.82) is 0 Å². The second-order valence-corrected chi connectivity index (χ2v) is 6.32. The highest BCUT2D eigenvalue weighted by atomic mass is 16.7. The molecule has 9 nitrogen and oxygen atoms in total. The lowest BCUT2D eigenvalue weighted by Gasteiger charge is -2.34. The van der Waals surface area contributed by atoms with E-state index in [-0.39, 0.29) is 24.3 Å². The molecule has 0 radical (unpaired) electrons. The lowest BCUT2D eigenvalue weighted by atomic mass is 10.1. The molecule has 0 unspecified atom stereocenters. The molecule has 1 atom stereocenters. The molecule has 1 fully saturated rings. The van der Waals surface area contributed by atoms with Crippen LogP contribution in [0.4, 0.5) is 0 Å². The van der Waals surface area contributed by atoms with Crippen LogP contribution in [0, 0.1) is 0 Å². The number of carbonyl (C=O) groups excluding carboxylic acids is 2. The van der Waals surface area contributed by atoms with Gasteiger partial charge in [-0.2, -0.15) is 10.2 Å². The zero-order valence-corrected chi connectivity index (χ0v) is 13.8. The minimum Gasteiger partial charge on any atom is -0.329 e. The first-order valence-electron chi connectivity index (χ1n) is 8.46. The largest absolute Gasteiger partial charge is 0.329 e. The minimum absolute atomic E-state index is 0.0676. The molecular weight excluding hydrogens is 324 g/mol. The Labute approximate surface area is 144 Å². The Morgan fingerprint density at radius 3 is 2.96 bits per heavy atom. The van der Waals surface area contributed by atoms with E-state index in [1.807, 2.05) is 10.7 Å². The van der Waals surface area contributed by atoms with Gasteiger partial charge in [0.15, 0.2) is 0 Å². The van der Waals surface area contributed by atoms with Crippen LogP contribution in [0.1, 0.15) is 41.5 Å². The van der Waals surface area contributed by atoms with Gasteiger partial charge in [-0.25, -0.2) is 5.06 Å². The number of carbonyl (C=O) groups is 2. The summed E-state index contributed by atoms with van der Waals surface area (Å²) in [6.45, 7) is 2.08. The summed E-state index contributed by atoms with van der Waals surface area (Å²) in [7, 11) is 0. The number of aromatic amines is 1. The van der Waals surface area contributed by atoms with E-state index in [2.05, 4.69) is 15.3 Å². The van der Waals surface area contributed by atoms with E-state index in [9.17, 15) is 9.59 Å². The third kappa shape index (κ3) is 3.14. The Morgan fingerprint density at radius 2 is 2.20 bits per heavy atom. The maximum atomic E-state index is 12.6. The second kappa shape index (κ2) is 6.67. The highest BCUT2D eigenvalue weighted by Crippen LogP contribution is 2.25. The van der Waals surface area contributed by atoms with Crippen molar-refractivity contribution in [2.24, 2.45) is 0 Å². The molecule has 0 aromatic carbocycles. The smallest absolute Gasteiger partial charge is 0.272 e. The number of rotatable bonds is 3. The molecule has 2 aliphatic rings. The molecule has 2 aliphatic heterocycles. The molecule has 1 N–H and O–H groups in total. The molecule has 2 aromatic heterocycles. The van der Waals surface area contributed by atoms with Gasteiger partial charge in [0, 0.05) is 25.5 Å². The topological polar surface area (TPSA) is 96.3 Å². The highest BCUT2D eigenvalue weighted by molar-refractivity contribution is 5.92. The van der Waals surface area contributed by atoms with Gasteiger partial charge in [0.05, 0.1) is 31.3 Å². The minimum atomic E-state index is -0.205. The summed E-state index contributed by atoms with van der Waals surface area (Å²) in [6.07, 6.45) is 5.43.